The Bertz CT molecular complexity index is 361. The molecule has 1 aliphatic heterocycles. The Balaban J connectivity index is 2.16. The van der Waals surface area contributed by atoms with Gasteiger partial charge in [0, 0.05) is 19.6 Å². The molecule has 1 aromatic heterocycles. The second-order valence-corrected chi connectivity index (χ2v) is 3.58. The van der Waals surface area contributed by atoms with Crippen molar-refractivity contribution in [3.05, 3.63) is 23.9 Å². The van der Waals surface area contributed by atoms with Crippen LogP contribution in [0.1, 0.15) is 12.1 Å². The quantitative estimate of drug-likeness (QED) is 0.730. The molecule has 4 nitrogen and oxygen atoms in total. The number of aromatic nitrogens is 1. The Morgan fingerprint density at radius 2 is 2.27 bits per heavy atom. The lowest BCUT2D eigenvalue weighted by Gasteiger charge is -2.20. The number of rotatable bonds is 1. The van der Waals surface area contributed by atoms with Gasteiger partial charge in [0.2, 0.25) is 0 Å². The van der Waals surface area contributed by atoms with Gasteiger partial charge in [-0.3, -0.25) is 0 Å². The maximum Gasteiger partial charge on any atom is 0.142 e. The minimum atomic E-state index is 0.490. The Morgan fingerprint density at radius 1 is 1.33 bits per heavy atom. The number of anilines is 1. The molecule has 0 radical (unpaired) electrons. The zero-order valence-electron chi connectivity index (χ0n) is 8.61. The van der Waals surface area contributed by atoms with E-state index in [4.69, 9.17) is 5.26 Å². The minimum absolute atomic E-state index is 0.490. The van der Waals surface area contributed by atoms with E-state index in [1.54, 1.807) is 6.07 Å². The molecule has 78 valence electrons. The van der Waals surface area contributed by atoms with Crippen molar-refractivity contribution in [1.82, 2.24) is 10.3 Å². The summed E-state index contributed by atoms with van der Waals surface area (Å²) in [6.45, 7) is 4.02. The van der Waals surface area contributed by atoms with Crippen LogP contribution in [-0.4, -0.2) is 31.2 Å². The fourth-order valence-corrected chi connectivity index (χ4v) is 1.74. The summed E-state index contributed by atoms with van der Waals surface area (Å²) < 4.78 is 0. The average Bonchev–Trinajstić information content (AvgIpc) is 2.58. The molecule has 0 bridgehead atoms. The summed E-state index contributed by atoms with van der Waals surface area (Å²) in [6, 6.07) is 7.66. The van der Waals surface area contributed by atoms with Gasteiger partial charge in [-0.25, -0.2) is 4.98 Å². The normalized spacial score (nSPS) is 16.9. The summed E-state index contributed by atoms with van der Waals surface area (Å²) in [4.78, 5) is 6.52. The third-order valence-corrected chi connectivity index (χ3v) is 2.51. The van der Waals surface area contributed by atoms with Gasteiger partial charge in [-0.2, -0.15) is 5.26 Å². The van der Waals surface area contributed by atoms with Crippen molar-refractivity contribution in [1.29, 1.82) is 5.26 Å². The van der Waals surface area contributed by atoms with Crippen molar-refractivity contribution >= 4 is 5.82 Å². The van der Waals surface area contributed by atoms with Crippen molar-refractivity contribution in [2.75, 3.05) is 31.1 Å². The zero-order chi connectivity index (χ0) is 10.5. The van der Waals surface area contributed by atoms with Crippen molar-refractivity contribution in [3.8, 4) is 6.07 Å². The molecule has 0 aliphatic carbocycles. The summed E-state index contributed by atoms with van der Waals surface area (Å²) in [5.74, 6) is 0.915. The van der Waals surface area contributed by atoms with E-state index in [0.717, 1.165) is 38.4 Å². The van der Waals surface area contributed by atoms with Gasteiger partial charge in [-0.1, -0.05) is 6.07 Å². The Morgan fingerprint density at radius 3 is 3.13 bits per heavy atom. The lowest BCUT2D eigenvalue weighted by atomic mass is 10.3. The van der Waals surface area contributed by atoms with E-state index in [9.17, 15) is 0 Å². The second-order valence-electron chi connectivity index (χ2n) is 3.58. The first kappa shape index (κ1) is 9.94. The van der Waals surface area contributed by atoms with Crippen LogP contribution in [-0.2, 0) is 0 Å². The van der Waals surface area contributed by atoms with E-state index in [2.05, 4.69) is 21.3 Å². The number of nitrogens with zero attached hydrogens (tertiary/aromatic N) is 3. The van der Waals surface area contributed by atoms with Gasteiger partial charge in [0.25, 0.3) is 0 Å². The van der Waals surface area contributed by atoms with E-state index >= 15 is 0 Å². The lowest BCUT2D eigenvalue weighted by molar-refractivity contribution is 0.724. The van der Waals surface area contributed by atoms with Crippen LogP contribution < -0.4 is 10.2 Å². The van der Waals surface area contributed by atoms with Crippen LogP contribution in [0.5, 0.6) is 0 Å². The lowest BCUT2D eigenvalue weighted by Crippen LogP contribution is -2.28. The Labute approximate surface area is 89.5 Å². The summed E-state index contributed by atoms with van der Waals surface area (Å²) >= 11 is 0. The molecule has 2 heterocycles. The van der Waals surface area contributed by atoms with Gasteiger partial charge in [0.05, 0.1) is 0 Å². The van der Waals surface area contributed by atoms with Crippen LogP contribution in [0.3, 0.4) is 0 Å². The number of nitriles is 1. The largest absolute Gasteiger partial charge is 0.355 e. The van der Waals surface area contributed by atoms with Crippen molar-refractivity contribution < 1.29 is 0 Å². The fourth-order valence-electron chi connectivity index (χ4n) is 1.74. The van der Waals surface area contributed by atoms with Gasteiger partial charge in [0.1, 0.15) is 17.6 Å². The van der Waals surface area contributed by atoms with Crippen LogP contribution in [0.25, 0.3) is 0 Å². The molecule has 1 saturated heterocycles. The molecule has 0 spiro atoms. The molecular weight excluding hydrogens is 188 g/mol. The van der Waals surface area contributed by atoms with E-state index in [1.807, 2.05) is 12.1 Å². The molecule has 0 aromatic carbocycles. The van der Waals surface area contributed by atoms with E-state index < -0.39 is 0 Å². The van der Waals surface area contributed by atoms with Crippen LogP contribution in [0.15, 0.2) is 18.2 Å². The molecule has 15 heavy (non-hydrogen) atoms. The molecular formula is C11H14N4. The van der Waals surface area contributed by atoms with Crippen LogP contribution in [0.4, 0.5) is 5.82 Å². The summed E-state index contributed by atoms with van der Waals surface area (Å²) in [7, 11) is 0. The molecule has 1 fully saturated rings. The first-order valence-electron chi connectivity index (χ1n) is 5.23. The summed E-state index contributed by atoms with van der Waals surface area (Å²) in [5.41, 5.74) is 0.490. The molecule has 0 atom stereocenters. The van der Waals surface area contributed by atoms with Gasteiger partial charge < -0.3 is 10.2 Å². The monoisotopic (exact) mass is 202 g/mol. The molecule has 0 saturated carbocycles. The SMILES string of the molecule is N#Cc1cccc(N2CCCNCC2)n1. The van der Waals surface area contributed by atoms with E-state index in [0.29, 0.717) is 5.69 Å². The Hall–Kier alpha value is -1.60. The number of hydrogen-bond donors (Lipinski definition) is 1. The van der Waals surface area contributed by atoms with Crippen molar-refractivity contribution in [2.45, 2.75) is 6.42 Å². The fraction of sp³-hybridized carbons (Fsp3) is 0.455. The summed E-state index contributed by atoms with van der Waals surface area (Å²) in [6.07, 6.45) is 1.12. The maximum absolute atomic E-state index is 8.77. The van der Waals surface area contributed by atoms with Gasteiger partial charge >= 0.3 is 0 Å². The zero-order valence-corrected chi connectivity index (χ0v) is 8.61. The number of nitrogens with one attached hydrogen (secondary N) is 1. The van der Waals surface area contributed by atoms with E-state index in [-0.39, 0.29) is 0 Å². The minimum Gasteiger partial charge on any atom is -0.355 e. The molecule has 4 heteroatoms. The number of hydrogen-bond acceptors (Lipinski definition) is 4. The third kappa shape index (κ3) is 2.45. The first-order chi connectivity index (χ1) is 7.40. The second kappa shape index (κ2) is 4.76. The summed E-state index contributed by atoms with van der Waals surface area (Å²) in [5, 5.41) is 12.1. The number of pyridine rings is 1. The smallest absolute Gasteiger partial charge is 0.142 e. The topological polar surface area (TPSA) is 52.0 Å². The van der Waals surface area contributed by atoms with Crippen LogP contribution in [0.2, 0.25) is 0 Å². The van der Waals surface area contributed by atoms with Crippen molar-refractivity contribution in [3.63, 3.8) is 0 Å². The predicted molar refractivity (Wildman–Crippen MR) is 58.7 cm³/mol. The molecule has 0 unspecified atom stereocenters. The van der Waals surface area contributed by atoms with Crippen molar-refractivity contribution in [2.24, 2.45) is 0 Å². The predicted octanol–water partition coefficient (Wildman–Crippen LogP) is 0.753. The van der Waals surface area contributed by atoms with Crippen LogP contribution in [0, 0.1) is 11.3 Å². The van der Waals surface area contributed by atoms with Gasteiger partial charge in [-0.15, -0.1) is 0 Å². The van der Waals surface area contributed by atoms with E-state index in [1.165, 1.54) is 0 Å². The van der Waals surface area contributed by atoms with Gasteiger partial charge in [0.15, 0.2) is 0 Å². The maximum atomic E-state index is 8.77. The molecule has 1 aromatic rings. The highest BCUT2D eigenvalue weighted by molar-refractivity contribution is 5.41. The highest BCUT2D eigenvalue weighted by Gasteiger charge is 2.10. The molecule has 0 amide bonds. The third-order valence-electron chi connectivity index (χ3n) is 2.51. The van der Waals surface area contributed by atoms with Crippen LogP contribution >= 0.6 is 0 Å². The highest BCUT2D eigenvalue weighted by atomic mass is 15.2. The van der Waals surface area contributed by atoms with Gasteiger partial charge in [-0.05, 0) is 25.1 Å². The molecule has 1 aliphatic rings. The molecule has 2 rings (SSSR count). The standard InChI is InChI=1S/C11H14N4/c12-9-10-3-1-4-11(14-10)15-7-2-5-13-6-8-15/h1,3-4,13H,2,5-8H2. The average molecular weight is 202 g/mol. The first-order valence-corrected chi connectivity index (χ1v) is 5.23. The Kier molecular flexibility index (Phi) is 3.15. The highest BCUT2D eigenvalue weighted by Crippen LogP contribution is 2.12. The molecule has 1 N–H and O–H groups in total.